The summed E-state index contributed by atoms with van der Waals surface area (Å²) in [6, 6.07) is 4.97. The van der Waals surface area contributed by atoms with Crippen molar-refractivity contribution >= 4 is 23.2 Å². The van der Waals surface area contributed by atoms with Gasteiger partial charge in [-0.2, -0.15) is 0 Å². The van der Waals surface area contributed by atoms with E-state index in [4.69, 9.17) is 49.6 Å². The van der Waals surface area contributed by atoms with E-state index in [1.54, 1.807) is 18.2 Å². The van der Waals surface area contributed by atoms with Crippen LogP contribution < -0.4 is 4.74 Å². The van der Waals surface area contributed by atoms with Crippen molar-refractivity contribution in [2.75, 3.05) is 40.6 Å². The van der Waals surface area contributed by atoms with Gasteiger partial charge in [0.2, 0.25) is 0 Å². The quantitative estimate of drug-likeness (QED) is 0.0746. The van der Waals surface area contributed by atoms with E-state index in [0.29, 0.717) is 11.1 Å². The van der Waals surface area contributed by atoms with Gasteiger partial charge in [-0.3, -0.25) is 4.79 Å². The molecule has 0 amide bonds. The van der Waals surface area contributed by atoms with Crippen LogP contribution in [0.4, 0.5) is 0 Å². The SMILES string of the molecule is [3H][C@H]1C[C@@H](OP(OC)OC[C@H]2O[C@@H]([3H])C[C@H]2OP(OC)OCc2ccc(OC(C)=O)c(CN=[N+]=[N-])c2)[C@@H](CO)O1. The molecule has 2 heterocycles. The Balaban J connectivity index is 1.55. The molecule has 2 saturated heterocycles. The predicted molar refractivity (Wildman–Crippen MR) is 135 cm³/mol. The van der Waals surface area contributed by atoms with Crippen molar-refractivity contribution < 1.29 is 54.0 Å². The number of carbonyl (C=O) groups excluding carboxylic acids is 1. The standard InChI is InChI=1S/C22H33N3O11P2/c1-15(27)34-18-5-4-16(10-17(18)11-24-25-23)13-32-37(28-2)36-20-7-9-31-22(20)14-33-38(29-3)35-19-6-8-30-21(19)12-26/h4-5,10,19-22,26H,6-9,11-14H2,1-3H3/t19-,20-,21-,22-,37?,38?/m1/s1/i8T,9T/t8-,9-,19+,20+,21+,22+,37?,38?/m0. The molecule has 0 saturated carbocycles. The number of hydrogen-bond acceptors (Lipinski definition) is 12. The van der Waals surface area contributed by atoms with E-state index in [9.17, 15) is 9.90 Å². The van der Waals surface area contributed by atoms with E-state index in [2.05, 4.69) is 10.0 Å². The predicted octanol–water partition coefficient (Wildman–Crippen LogP) is 4.04. The number of aliphatic hydroxyl groups is 1. The fourth-order valence-corrected chi connectivity index (χ4v) is 5.41. The van der Waals surface area contributed by atoms with Gasteiger partial charge in [0.05, 0.1) is 41.3 Å². The Bertz CT molecular complexity index is 1010. The molecule has 0 aliphatic carbocycles. The minimum Gasteiger partial charge on any atom is -0.426 e. The maximum atomic E-state index is 11.4. The van der Waals surface area contributed by atoms with Crippen LogP contribution in [0.1, 0.15) is 33.6 Å². The molecule has 1 N–H and O–H groups in total. The van der Waals surface area contributed by atoms with Crippen LogP contribution in [0.15, 0.2) is 23.3 Å². The number of rotatable bonds is 16. The lowest BCUT2D eigenvalue weighted by molar-refractivity contribution is -0.131. The number of ether oxygens (including phenoxy) is 3. The Labute approximate surface area is 226 Å². The van der Waals surface area contributed by atoms with Gasteiger partial charge in [0, 0.05) is 57.6 Å². The van der Waals surface area contributed by atoms with Crippen molar-refractivity contribution in [1.82, 2.24) is 0 Å². The topological polar surface area (TPSA) is 169 Å². The highest BCUT2D eigenvalue weighted by molar-refractivity contribution is 7.41. The number of benzene rings is 1. The van der Waals surface area contributed by atoms with E-state index in [-0.39, 0.29) is 45.0 Å². The third-order valence-corrected chi connectivity index (χ3v) is 7.50. The first-order chi connectivity index (χ1) is 19.3. The molecule has 0 spiro atoms. The van der Waals surface area contributed by atoms with Crippen molar-refractivity contribution in [3.05, 3.63) is 39.8 Å². The normalized spacial score (nSPS) is 29.3. The lowest BCUT2D eigenvalue weighted by Crippen LogP contribution is -2.29. The summed E-state index contributed by atoms with van der Waals surface area (Å²) in [6.45, 7) is -0.593. The van der Waals surface area contributed by atoms with Crippen LogP contribution in [0.2, 0.25) is 0 Å². The van der Waals surface area contributed by atoms with Crippen LogP contribution in [-0.4, -0.2) is 76.1 Å². The van der Waals surface area contributed by atoms with Gasteiger partial charge in [0.15, 0.2) is 0 Å². The van der Waals surface area contributed by atoms with E-state index < -0.39 is 60.8 Å². The molecule has 16 heteroatoms. The molecule has 1 aromatic carbocycles. The molecular weight excluding hydrogens is 544 g/mol. The maximum Gasteiger partial charge on any atom is 0.333 e. The molecule has 2 fully saturated rings. The molecule has 0 aromatic heterocycles. The van der Waals surface area contributed by atoms with Gasteiger partial charge >= 0.3 is 23.2 Å². The summed E-state index contributed by atoms with van der Waals surface area (Å²) >= 11 is 0. The smallest absolute Gasteiger partial charge is 0.333 e. The lowest BCUT2D eigenvalue weighted by atomic mass is 10.1. The fourth-order valence-electron chi connectivity index (χ4n) is 3.50. The second-order valence-electron chi connectivity index (χ2n) is 7.93. The molecule has 8 atom stereocenters. The molecular formula is C22H33N3O11P2. The number of aliphatic hydroxyl groups excluding tert-OH is 1. The molecule has 212 valence electrons. The molecule has 2 unspecified atom stereocenters. The first-order valence-corrected chi connectivity index (χ1v) is 13.8. The summed E-state index contributed by atoms with van der Waals surface area (Å²) in [5.74, 6) is -0.214. The Morgan fingerprint density at radius 2 is 1.82 bits per heavy atom. The average molecular weight is 581 g/mol. The molecule has 38 heavy (non-hydrogen) atoms. The van der Waals surface area contributed by atoms with Crippen molar-refractivity contribution in [3.63, 3.8) is 0 Å². The maximum absolute atomic E-state index is 11.4. The third kappa shape index (κ3) is 9.60. The van der Waals surface area contributed by atoms with E-state index in [1.165, 1.54) is 21.1 Å². The van der Waals surface area contributed by atoms with Gasteiger partial charge in [-0.25, -0.2) is 0 Å². The number of nitrogens with zero attached hydrogens (tertiary/aromatic N) is 3. The Kier molecular flexibility index (Phi) is 12.2. The fraction of sp³-hybridized carbons (Fsp3) is 0.682. The van der Waals surface area contributed by atoms with Crippen LogP contribution in [0.25, 0.3) is 10.4 Å². The van der Waals surface area contributed by atoms with Crippen molar-refractivity contribution in [2.24, 2.45) is 5.11 Å². The minimum absolute atomic E-state index is 0.00542. The van der Waals surface area contributed by atoms with Gasteiger partial charge in [-0.1, -0.05) is 11.2 Å². The Morgan fingerprint density at radius 3 is 2.45 bits per heavy atom. The number of carbonyl (C=O) groups is 1. The van der Waals surface area contributed by atoms with Gasteiger partial charge in [0.25, 0.3) is 0 Å². The summed E-state index contributed by atoms with van der Waals surface area (Å²) in [4.78, 5) is 14.1. The molecule has 2 aliphatic heterocycles. The summed E-state index contributed by atoms with van der Waals surface area (Å²) in [6.07, 6.45) is -1.88. The van der Waals surface area contributed by atoms with Crippen LogP contribution in [0.3, 0.4) is 0 Å². The second kappa shape index (κ2) is 16.6. The zero-order valence-corrected chi connectivity index (χ0v) is 23.0. The lowest BCUT2D eigenvalue weighted by Gasteiger charge is -2.25. The molecule has 3 rings (SSSR count). The Morgan fingerprint density at radius 1 is 1.16 bits per heavy atom. The molecule has 2 aliphatic rings. The summed E-state index contributed by atoms with van der Waals surface area (Å²) < 4.78 is 65.9. The monoisotopic (exact) mass is 581 g/mol. The van der Waals surface area contributed by atoms with E-state index in [0.717, 1.165) is 0 Å². The van der Waals surface area contributed by atoms with Gasteiger partial charge < -0.3 is 46.5 Å². The van der Waals surface area contributed by atoms with Crippen LogP contribution in [0.5, 0.6) is 5.75 Å². The van der Waals surface area contributed by atoms with Gasteiger partial charge in [-0.15, -0.1) is 0 Å². The summed E-state index contributed by atoms with van der Waals surface area (Å²) in [5.41, 5.74) is 9.87. The highest BCUT2D eigenvalue weighted by Gasteiger charge is 2.36. The van der Waals surface area contributed by atoms with E-state index in [1.807, 2.05) is 0 Å². The number of esters is 1. The highest BCUT2D eigenvalue weighted by atomic mass is 31.2. The summed E-state index contributed by atoms with van der Waals surface area (Å²) in [7, 11) is -0.833. The minimum atomic E-state index is -1.84. The van der Waals surface area contributed by atoms with E-state index >= 15 is 0 Å². The molecule has 0 radical (unpaired) electrons. The number of hydrogen-bond donors (Lipinski definition) is 1. The number of azide groups is 1. The largest absolute Gasteiger partial charge is 0.426 e. The average Bonchev–Trinajstić information content (AvgIpc) is 3.47. The molecule has 14 nitrogen and oxygen atoms in total. The Hall–Kier alpha value is -1.50. The zero-order valence-electron chi connectivity index (χ0n) is 23.2. The van der Waals surface area contributed by atoms with Crippen molar-refractivity contribution in [1.29, 1.82) is 0 Å². The van der Waals surface area contributed by atoms with Crippen molar-refractivity contribution in [3.8, 4) is 5.75 Å². The first kappa shape index (κ1) is 28.0. The van der Waals surface area contributed by atoms with Gasteiger partial charge in [0.1, 0.15) is 18.0 Å². The third-order valence-electron chi connectivity index (χ3n) is 5.31. The zero-order chi connectivity index (χ0) is 29.1. The first-order valence-electron chi connectivity index (χ1n) is 12.8. The van der Waals surface area contributed by atoms with Crippen LogP contribution in [0, 0.1) is 0 Å². The highest BCUT2D eigenvalue weighted by Crippen LogP contribution is 2.46. The van der Waals surface area contributed by atoms with Crippen LogP contribution in [-0.2, 0) is 54.6 Å². The van der Waals surface area contributed by atoms with Crippen LogP contribution >= 0.6 is 17.2 Å². The van der Waals surface area contributed by atoms with Crippen molar-refractivity contribution in [2.45, 2.75) is 57.3 Å². The molecule has 1 aromatic rings. The molecule has 0 bridgehead atoms. The second-order valence-corrected chi connectivity index (χ2v) is 10.5. The summed E-state index contributed by atoms with van der Waals surface area (Å²) in [5, 5.41) is 13.0. The van der Waals surface area contributed by atoms with Gasteiger partial charge in [-0.05, 0) is 23.2 Å².